The van der Waals surface area contributed by atoms with Crippen LogP contribution in [0.2, 0.25) is 0 Å². The van der Waals surface area contributed by atoms with Gasteiger partial charge in [0.05, 0.1) is 7.11 Å². The van der Waals surface area contributed by atoms with Crippen LogP contribution in [-0.2, 0) is 10.0 Å². The van der Waals surface area contributed by atoms with Crippen molar-refractivity contribution in [2.75, 3.05) is 7.11 Å². The fourth-order valence-electron chi connectivity index (χ4n) is 2.97. The minimum absolute atomic E-state index is 0.0361. The molecule has 0 unspecified atom stereocenters. The third-order valence-electron chi connectivity index (χ3n) is 3.99. The van der Waals surface area contributed by atoms with Crippen molar-refractivity contribution in [3.8, 4) is 5.75 Å². The Morgan fingerprint density at radius 2 is 1.80 bits per heavy atom. The average molecular weight is 297 g/mol. The summed E-state index contributed by atoms with van der Waals surface area (Å²) in [6.07, 6.45) is 2.91. The van der Waals surface area contributed by atoms with Gasteiger partial charge in [0.1, 0.15) is 10.6 Å². The summed E-state index contributed by atoms with van der Waals surface area (Å²) in [6, 6.07) is 5.35. The number of ether oxygens (including phenoxy) is 1. The van der Waals surface area contributed by atoms with Gasteiger partial charge in [-0.2, -0.15) is 4.31 Å². The molecule has 1 fully saturated rings. The topological polar surface area (TPSA) is 46.6 Å². The normalized spacial score (nSPS) is 24.6. The van der Waals surface area contributed by atoms with Gasteiger partial charge in [0.2, 0.25) is 10.0 Å². The monoisotopic (exact) mass is 297 g/mol. The molecule has 5 heteroatoms. The number of methoxy groups -OCH3 is 1. The maximum atomic E-state index is 13.0. The van der Waals surface area contributed by atoms with Gasteiger partial charge >= 0.3 is 0 Å². The Kier molecular flexibility index (Phi) is 4.39. The van der Waals surface area contributed by atoms with E-state index in [1.54, 1.807) is 16.4 Å². The molecule has 0 N–H and O–H groups in total. The molecule has 1 aromatic rings. The molecule has 1 aliphatic heterocycles. The molecule has 20 heavy (non-hydrogen) atoms. The van der Waals surface area contributed by atoms with Crippen LogP contribution >= 0.6 is 0 Å². The smallest absolute Gasteiger partial charge is 0.247 e. The Hall–Kier alpha value is -1.07. The highest BCUT2D eigenvalue weighted by Gasteiger charge is 2.37. The van der Waals surface area contributed by atoms with Gasteiger partial charge in [0.15, 0.2) is 0 Å². The van der Waals surface area contributed by atoms with Crippen molar-refractivity contribution >= 4 is 10.0 Å². The summed E-state index contributed by atoms with van der Waals surface area (Å²) in [5.74, 6) is 0.417. The molecule has 1 aliphatic rings. The molecule has 1 saturated heterocycles. The van der Waals surface area contributed by atoms with E-state index >= 15 is 0 Å². The largest absolute Gasteiger partial charge is 0.495 e. The van der Waals surface area contributed by atoms with Crippen molar-refractivity contribution in [3.05, 3.63) is 23.8 Å². The summed E-state index contributed by atoms with van der Waals surface area (Å²) in [4.78, 5) is 0.278. The highest BCUT2D eigenvalue weighted by molar-refractivity contribution is 7.89. The molecule has 1 aromatic carbocycles. The van der Waals surface area contributed by atoms with Crippen LogP contribution in [0.1, 0.15) is 38.7 Å². The van der Waals surface area contributed by atoms with Crippen LogP contribution in [-0.4, -0.2) is 31.9 Å². The molecule has 4 nitrogen and oxygen atoms in total. The number of hydrogen-bond acceptors (Lipinski definition) is 3. The molecular weight excluding hydrogens is 274 g/mol. The minimum Gasteiger partial charge on any atom is -0.495 e. The van der Waals surface area contributed by atoms with Gasteiger partial charge in [-0.15, -0.1) is 0 Å². The van der Waals surface area contributed by atoms with E-state index in [0.717, 1.165) is 24.8 Å². The van der Waals surface area contributed by atoms with E-state index in [1.807, 2.05) is 26.8 Å². The van der Waals surface area contributed by atoms with Crippen molar-refractivity contribution in [1.82, 2.24) is 4.31 Å². The fourth-order valence-corrected chi connectivity index (χ4v) is 5.10. The van der Waals surface area contributed by atoms with Crippen molar-refractivity contribution in [3.63, 3.8) is 0 Å². The van der Waals surface area contributed by atoms with E-state index in [-0.39, 0.29) is 17.0 Å². The zero-order valence-electron chi connectivity index (χ0n) is 12.6. The molecule has 2 rings (SSSR count). The van der Waals surface area contributed by atoms with E-state index < -0.39 is 10.0 Å². The molecule has 0 radical (unpaired) electrons. The van der Waals surface area contributed by atoms with Gasteiger partial charge < -0.3 is 4.74 Å². The predicted octanol–water partition coefficient (Wildman–Crippen LogP) is 2.96. The van der Waals surface area contributed by atoms with Crippen LogP contribution in [0.5, 0.6) is 5.75 Å². The number of nitrogens with zero attached hydrogens (tertiary/aromatic N) is 1. The quantitative estimate of drug-likeness (QED) is 0.861. The van der Waals surface area contributed by atoms with Crippen LogP contribution in [0.25, 0.3) is 0 Å². The molecular formula is C15H23NO3S. The van der Waals surface area contributed by atoms with Gasteiger partial charge in [-0.25, -0.2) is 8.42 Å². The van der Waals surface area contributed by atoms with Gasteiger partial charge in [-0.3, -0.25) is 0 Å². The SMILES string of the molecule is COc1ccc(C)cc1S(=O)(=O)N1[C@H](C)CCC[C@H]1C. The zero-order valence-corrected chi connectivity index (χ0v) is 13.4. The standard InChI is InChI=1S/C15H23NO3S/c1-11-8-9-14(19-4)15(10-11)20(17,18)16-12(2)6-5-7-13(16)3/h8-10,12-13H,5-7H2,1-4H3/t12-,13-/m1/s1. The number of piperidine rings is 1. The molecule has 0 spiro atoms. The van der Waals surface area contributed by atoms with E-state index in [2.05, 4.69) is 0 Å². The highest BCUT2D eigenvalue weighted by atomic mass is 32.2. The second-order valence-electron chi connectivity index (χ2n) is 5.62. The third-order valence-corrected chi connectivity index (χ3v) is 6.14. The van der Waals surface area contributed by atoms with Gasteiger partial charge in [-0.1, -0.05) is 12.5 Å². The highest BCUT2D eigenvalue weighted by Crippen LogP contribution is 2.33. The van der Waals surface area contributed by atoms with Crippen LogP contribution in [0.3, 0.4) is 0 Å². The summed E-state index contributed by atoms with van der Waals surface area (Å²) in [7, 11) is -2.01. The maximum Gasteiger partial charge on any atom is 0.247 e. The molecule has 0 aromatic heterocycles. The van der Waals surface area contributed by atoms with Crippen LogP contribution in [0.15, 0.2) is 23.1 Å². The van der Waals surface area contributed by atoms with E-state index in [9.17, 15) is 8.42 Å². The first-order valence-electron chi connectivity index (χ1n) is 7.06. The van der Waals surface area contributed by atoms with Crippen molar-refractivity contribution in [2.45, 2.75) is 57.0 Å². The first-order valence-corrected chi connectivity index (χ1v) is 8.50. The lowest BCUT2D eigenvalue weighted by atomic mass is 10.0. The summed E-state index contributed by atoms with van der Waals surface area (Å²) < 4.78 is 32.9. The first kappa shape index (κ1) is 15.3. The number of hydrogen-bond donors (Lipinski definition) is 0. The maximum absolute atomic E-state index is 13.0. The average Bonchev–Trinajstić information content (AvgIpc) is 2.38. The Morgan fingerprint density at radius 1 is 1.20 bits per heavy atom. The predicted molar refractivity (Wildman–Crippen MR) is 79.5 cm³/mol. The van der Waals surface area contributed by atoms with Crippen molar-refractivity contribution in [2.24, 2.45) is 0 Å². The lowest BCUT2D eigenvalue weighted by Crippen LogP contribution is -2.47. The Bertz CT molecular complexity index is 573. The molecule has 112 valence electrons. The lowest BCUT2D eigenvalue weighted by Gasteiger charge is -2.37. The molecule has 0 bridgehead atoms. The van der Waals surface area contributed by atoms with E-state index in [0.29, 0.717) is 5.75 Å². The molecule has 1 heterocycles. The molecule has 0 amide bonds. The minimum atomic E-state index is -3.52. The van der Waals surface area contributed by atoms with Gasteiger partial charge in [0.25, 0.3) is 0 Å². The zero-order chi connectivity index (χ0) is 14.9. The van der Waals surface area contributed by atoms with Crippen molar-refractivity contribution in [1.29, 1.82) is 0 Å². The summed E-state index contributed by atoms with van der Waals surface area (Å²) >= 11 is 0. The van der Waals surface area contributed by atoms with Gasteiger partial charge in [0, 0.05) is 12.1 Å². The summed E-state index contributed by atoms with van der Waals surface area (Å²) in [5, 5.41) is 0. The number of rotatable bonds is 3. The number of aryl methyl sites for hydroxylation is 1. The number of sulfonamides is 1. The second kappa shape index (κ2) is 5.74. The lowest BCUT2D eigenvalue weighted by molar-refractivity contribution is 0.203. The Balaban J connectivity index is 2.51. The van der Waals surface area contributed by atoms with Gasteiger partial charge in [-0.05, 0) is 51.3 Å². The Morgan fingerprint density at radius 3 is 2.35 bits per heavy atom. The summed E-state index contributed by atoms with van der Waals surface area (Å²) in [6.45, 7) is 5.85. The van der Waals surface area contributed by atoms with Crippen LogP contribution in [0, 0.1) is 6.92 Å². The molecule has 2 atom stereocenters. The number of benzene rings is 1. The van der Waals surface area contributed by atoms with E-state index in [4.69, 9.17) is 4.74 Å². The van der Waals surface area contributed by atoms with Crippen molar-refractivity contribution < 1.29 is 13.2 Å². The Labute approximate surface area is 121 Å². The van der Waals surface area contributed by atoms with E-state index in [1.165, 1.54) is 7.11 Å². The molecule has 0 aliphatic carbocycles. The fraction of sp³-hybridized carbons (Fsp3) is 0.600. The second-order valence-corrected chi connectivity index (χ2v) is 7.43. The van der Waals surface area contributed by atoms with Crippen LogP contribution < -0.4 is 4.74 Å². The first-order chi connectivity index (χ1) is 9.37. The molecule has 0 saturated carbocycles. The summed E-state index contributed by atoms with van der Waals surface area (Å²) in [5.41, 5.74) is 0.918. The third kappa shape index (κ3) is 2.69. The van der Waals surface area contributed by atoms with Crippen LogP contribution in [0.4, 0.5) is 0 Å².